The minimum atomic E-state index is -1.80. The van der Waals surface area contributed by atoms with E-state index in [1.54, 1.807) is 26.0 Å². The van der Waals surface area contributed by atoms with Crippen molar-refractivity contribution < 1.29 is 15.0 Å². The molecule has 0 radical (unpaired) electrons. The molecule has 0 aliphatic rings. The van der Waals surface area contributed by atoms with Crippen LogP contribution in [-0.4, -0.2) is 22.6 Å². The fraction of sp³-hybridized carbons (Fsp3) is 0.417. The summed E-state index contributed by atoms with van der Waals surface area (Å²) in [4.78, 5) is 10.5. The first-order chi connectivity index (χ1) is 7.39. The summed E-state index contributed by atoms with van der Waals surface area (Å²) in [6.07, 6.45) is -0.354. The van der Waals surface area contributed by atoms with E-state index in [1.165, 1.54) is 12.1 Å². The van der Waals surface area contributed by atoms with Crippen molar-refractivity contribution in [1.29, 1.82) is 0 Å². The maximum absolute atomic E-state index is 10.5. The number of aliphatic hydroxyl groups excluding tert-OH is 1. The summed E-state index contributed by atoms with van der Waals surface area (Å²) in [6, 6.07) is 6.17. The Labute approximate surface area is 107 Å². The zero-order chi connectivity index (χ0) is 12.3. The van der Waals surface area contributed by atoms with Crippen molar-refractivity contribution in [3.8, 4) is 0 Å². The van der Waals surface area contributed by atoms with E-state index in [2.05, 4.69) is 0 Å². The van der Waals surface area contributed by atoms with Crippen molar-refractivity contribution in [3.05, 3.63) is 35.4 Å². The molecule has 0 amide bonds. The van der Waals surface area contributed by atoms with Gasteiger partial charge in [-0.1, -0.05) is 38.1 Å². The third-order valence-electron chi connectivity index (χ3n) is 2.59. The molecule has 1 aromatic carbocycles. The van der Waals surface area contributed by atoms with Gasteiger partial charge in [0.25, 0.3) is 0 Å². The van der Waals surface area contributed by atoms with Crippen LogP contribution in [0.1, 0.15) is 29.8 Å². The second kappa shape index (κ2) is 6.12. The van der Waals surface area contributed by atoms with Crippen LogP contribution in [0, 0.1) is 5.92 Å². The number of rotatable bonds is 4. The van der Waals surface area contributed by atoms with Gasteiger partial charge < -0.3 is 10.2 Å². The predicted molar refractivity (Wildman–Crippen MR) is 68.0 cm³/mol. The van der Waals surface area contributed by atoms with Gasteiger partial charge in [-0.15, -0.1) is 12.4 Å². The molecule has 0 unspecified atom stereocenters. The van der Waals surface area contributed by atoms with Gasteiger partial charge >= 0.3 is 0 Å². The van der Waals surface area contributed by atoms with E-state index in [4.69, 9.17) is 5.73 Å². The molecule has 1 rings (SSSR count). The minimum absolute atomic E-state index is 0. The van der Waals surface area contributed by atoms with Crippen LogP contribution >= 0.6 is 12.4 Å². The van der Waals surface area contributed by atoms with E-state index >= 15 is 0 Å². The third kappa shape index (κ3) is 3.51. The number of halogens is 1. The second-order valence-electron chi connectivity index (χ2n) is 4.25. The largest absolute Gasteiger partial charge is 0.388 e. The summed E-state index contributed by atoms with van der Waals surface area (Å²) in [5.74, 6) is -0.166. The highest BCUT2D eigenvalue weighted by Gasteiger charge is 2.35. The molecule has 96 valence electrons. The molecule has 0 aliphatic carbocycles. The zero-order valence-electron chi connectivity index (χ0n) is 9.83. The van der Waals surface area contributed by atoms with Crippen molar-refractivity contribution in [3.63, 3.8) is 0 Å². The Morgan fingerprint density at radius 2 is 1.76 bits per heavy atom. The van der Waals surface area contributed by atoms with Crippen LogP contribution in [-0.2, 0) is 5.72 Å². The molecular weight excluding hydrogens is 242 g/mol. The fourth-order valence-electron chi connectivity index (χ4n) is 1.51. The Balaban J connectivity index is 0.00000256. The van der Waals surface area contributed by atoms with Crippen LogP contribution in [0.4, 0.5) is 0 Å². The molecule has 4 nitrogen and oxygen atoms in total. The van der Waals surface area contributed by atoms with Gasteiger partial charge in [0.1, 0.15) is 12.4 Å². The summed E-state index contributed by atoms with van der Waals surface area (Å²) >= 11 is 0. The number of carbonyl (C=O) groups is 1. The number of nitrogens with two attached hydrogens (primary N) is 1. The van der Waals surface area contributed by atoms with Crippen LogP contribution in [0.2, 0.25) is 0 Å². The zero-order valence-corrected chi connectivity index (χ0v) is 10.6. The number of hydrogen-bond acceptors (Lipinski definition) is 4. The number of benzene rings is 1. The molecule has 0 saturated carbocycles. The molecule has 5 heteroatoms. The summed E-state index contributed by atoms with van der Waals surface area (Å²) < 4.78 is 0. The van der Waals surface area contributed by atoms with Gasteiger partial charge in [-0.2, -0.15) is 0 Å². The normalized spacial score (nSPS) is 15.9. The van der Waals surface area contributed by atoms with Crippen molar-refractivity contribution in [1.82, 2.24) is 0 Å². The van der Waals surface area contributed by atoms with Gasteiger partial charge in [-0.3, -0.25) is 10.5 Å². The molecular formula is C12H18ClNO3. The Bertz CT molecular complexity index is 363. The second-order valence-corrected chi connectivity index (χ2v) is 4.25. The van der Waals surface area contributed by atoms with E-state index in [9.17, 15) is 15.0 Å². The summed E-state index contributed by atoms with van der Waals surface area (Å²) in [6.45, 7) is 3.53. The predicted octanol–water partition coefficient (Wildman–Crippen LogP) is 1.04. The van der Waals surface area contributed by atoms with Gasteiger partial charge in [0.2, 0.25) is 0 Å². The molecule has 4 N–H and O–H groups in total. The molecule has 0 fully saturated rings. The maximum Gasteiger partial charge on any atom is 0.166 e. The molecule has 0 aromatic heterocycles. The van der Waals surface area contributed by atoms with Crippen molar-refractivity contribution in [2.45, 2.75) is 25.7 Å². The van der Waals surface area contributed by atoms with E-state index in [1.807, 2.05) is 0 Å². The van der Waals surface area contributed by atoms with Crippen LogP contribution in [0.15, 0.2) is 24.3 Å². The minimum Gasteiger partial charge on any atom is -0.388 e. The Hall–Kier alpha value is -0.940. The van der Waals surface area contributed by atoms with Crippen LogP contribution < -0.4 is 5.73 Å². The number of carbonyl (C=O) groups excluding carboxylic acids is 1. The highest BCUT2D eigenvalue weighted by Crippen LogP contribution is 2.24. The third-order valence-corrected chi connectivity index (χ3v) is 2.59. The molecule has 0 aliphatic heterocycles. The SMILES string of the molecule is CC(C)[C@@H](O)[C@](N)(O)c1ccc(C=O)cc1.Cl. The highest BCUT2D eigenvalue weighted by molar-refractivity contribution is 5.85. The van der Waals surface area contributed by atoms with Gasteiger partial charge in [0.15, 0.2) is 5.72 Å². The van der Waals surface area contributed by atoms with Crippen molar-refractivity contribution in [2.24, 2.45) is 11.7 Å². The van der Waals surface area contributed by atoms with Gasteiger partial charge in [0, 0.05) is 11.1 Å². The summed E-state index contributed by atoms with van der Waals surface area (Å²) in [7, 11) is 0. The first-order valence-corrected chi connectivity index (χ1v) is 5.14. The number of hydrogen-bond donors (Lipinski definition) is 3. The Kier molecular flexibility index (Phi) is 5.78. The summed E-state index contributed by atoms with van der Waals surface area (Å²) in [5, 5.41) is 19.8. The molecule has 2 atom stereocenters. The van der Waals surface area contributed by atoms with E-state index < -0.39 is 11.8 Å². The molecule has 0 bridgehead atoms. The fourth-order valence-corrected chi connectivity index (χ4v) is 1.51. The van der Waals surface area contributed by atoms with E-state index in [-0.39, 0.29) is 18.3 Å². The van der Waals surface area contributed by atoms with Crippen molar-refractivity contribution in [2.75, 3.05) is 0 Å². The molecule has 0 heterocycles. The molecule has 17 heavy (non-hydrogen) atoms. The molecule has 0 saturated heterocycles. The standard InChI is InChI=1S/C12H17NO3.ClH/c1-8(2)11(15)12(13,16)10-5-3-9(7-14)4-6-10;/h3-8,11,15-16H,13H2,1-2H3;1H/t11-,12-;/m1./s1. The first kappa shape index (κ1) is 16.1. The quantitative estimate of drug-likeness (QED) is 0.557. The van der Waals surface area contributed by atoms with Gasteiger partial charge in [-0.05, 0) is 5.92 Å². The van der Waals surface area contributed by atoms with Gasteiger partial charge in [-0.25, -0.2) is 0 Å². The average molecular weight is 260 g/mol. The Morgan fingerprint density at radius 3 is 2.12 bits per heavy atom. The molecule has 1 aromatic rings. The van der Waals surface area contributed by atoms with Crippen molar-refractivity contribution >= 4 is 18.7 Å². The monoisotopic (exact) mass is 259 g/mol. The lowest BCUT2D eigenvalue weighted by molar-refractivity contribution is -0.0965. The number of aldehydes is 1. The van der Waals surface area contributed by atoms with E-state index in [0.29, 0.717) is 17.4 Å². The lowest BCUT2D eigenvalue weighted by atomic mass is 9.90. The van der Waals surface area contributed by atoms with Crippen LogP contribution in [0.25, 0.3) is 0 Å². The van der Waals surface area contributed by atoms with E-state index in [0.717, 1.165) is 0 Å². The molecule has 0 spiro atoms. The number of aliphatic hydroxyl groups is 2. The lowest BCUT2D eigenvalue weighted by Crippen LogP contribution is -2.50. The first-order valence-electron chi connectivity index (χ1n) is 5.14. The maximum atomic E-state index is 10.5. The van der Waals surface area contributed by atoms with Gasteiger partial charge in [0.05, 0.1) is 0 Å². The Morgan fingerprint density at radius 1 is 1.29 bits per heavy atom. The topological polar surface area (TPSA) is 83.6 Å². The lowest BCUT2D eigenvalue weighted by Gasteiger charge is -2.31. The van der Waals surface area contributed by atoms with Crippen LogP contribution in [0.3, 0.4) is 0 Å². The highest BCUT2D eigenvalue weighted by atomic mass is 35.5. The van der Waals surface area contributed by atoms with Crippen LogP contribution in [0.5, 0.6) is 0 Å². The summed E-state index contributed by atoms with van der Waals surface area (Å²) in [5.41, 5.74) is 4.78. The average Bonchev–Trinajstić information content (AvgIpc) is 2.28. The smallest absolute Gasteiger partial charge is 0.166 e.